The summed E-state index contributed by atoms with van der Waals surface area (Å²) in [5.74, 6) is 0.0854. The van der Waals surface area contributed by atoms with Crippen molar-refractivity contribution in [2.75, 3.05) is 6.61 Å². The predicted molar refractivity (Wildman–Crippen MR) is 79.3 cm³/mol. The van der Waals surface area contributed by atoms with Gasteiger partial charge in [-0.15, -0.1) is 0 Å². The van der Waals surface area contributed by atoms with E-state index in [4.69, 9.17) is 4.74 Å². The van der Waals surface area contributed by atoms with Gasteiger partial charge in [-0.3, -0.25) is 4.79 Å². The van der Waals surface area contributed by atoms with Crippen LogP contribution in [0.15, 0.2) is 42.5 Å². The molecule has 108 valence electrons. The Balaban J connectivity index is 1.66. The average Bonchev–Trinajstić information content (AvgIpc) is 2.52. The molecule has 0 saturated carbocycles. The molecule has 0 aromatic heterocycles. The molecule has 0 unspecified atom stereocenters. The molecular weight excluding hydrogens is 267 g/mol. The Kier molecular flexibility index (Phi) is 4.00. The van der Waals surface area contributed by atoms with Gasteiger partial charge in [0.05, 0.1) is 0 Å². The van der Waals surface area contributed by atoms with E-state index < -0.39 is 5.82 Å². The highest BCUT2D eigenvalue weighted by Crippen LogP contribution is 2.25. The first-order valence-corrected chi connectivity index (χ1v) is 7.26. The van der Waals surface area contributed by atoms with Crippen LogP contribution in [0.2, 0.25) is 0 Å². The van der Waals surface area contributed by atoms with Crippen molar-refractivity contribution in [3.05, 3.63) is 65.0 Å². The third kappa shape index (κ3) is 3.30. The van der Waals surface area contributed by atoms with E-state index in [9.17, 15) is 9.18 Å². The summed E-state index contributed by atoms with van der Waals surface area (Å²) in [6, 6.07) is 11.7. The van der Waals surface area contributed by atoms with E-state index in [0.717, 1.165) is 12.8 Å². The summed E-state index contributed by atoms with van der Waals surface area (Å²) in [7, 11) is 0. The van der Waals surface area contributed by atoms with Gasteiger partial charge in [0.1, 0.15) is 11.6 Å². The van der Waals surface area contributed by atoms with E-state index >= 15 is 0 Å². The van der Waals surface area contributed by atoms with Crippen LogP contribution in [-0.4, -0.2) is 12.4 Å². The van der Waals surface area contributed by atoms with Crippen LogP contribution in [0.5, 0.6) is 5.75 Å². The molecule has 0 saturated heterocycles. The van der Waals surface area contributed by atoms with E-state index in [2.05, 4.69) is 6.07 Å². The number of aryl methyl sites for hydroxylation is 2. The number of rotatable bonds is 4. The van der Waals surface area contributed by atoms with Crippen LogP contribution in [0.3, 0.4) is 0 Å². The number of carbonyl (C=O) groups is 1. The van der Waals surface area contributed by atoms with Gasteiger partial charge >= 0.3 is 0 Å². The molecule has 3 rings (SSSR count). The maximum absolute atomic E-state index is 13.1. The van der Waals surface area contributed by atoms with E-state index in [1.807, 2.05) is 12.1 Å². The fraction of sp³-hybridized carbons (Fsp3) is 0.278. The molecule has 0 heterocycles. The second-order valence-corrected chi connectivity index (χ2v) is 5.36. The molecule has 0 bridgehead atoms. The van der Waals surface area contributed by atoms with Crippen LogP contribution in [0, 0.1) is 5.82 Å². The van der Waals surface area contributed by atoms with E-state index in [-0.39, 0.29) is 12.4 Å². The van der Waals surface area contributed by atoms with Crippen molar-refractivity contribution >= 4 is 5.78 Å². The van der Waals surface area contributed by atoms with Crippen LogP contribution >= 0.6 is 0 Å². The van der Waals surface area contributed by atoms with Gasteiger partial charge in [-0.2, -0.15) is 0 Å². The lowest BCUT2D eigenvalue weighted by molar-refractivity contribution is 0.0921. The number of ketones is 1. The molecule has 0 aliphatic heterocycles. The molecule has 0 atom stereocenters. The fourth-order valence-corrected chi connectivity index (χ4v) is 2.69. The van der Waals surface area contributed by atoms with Gasteiger partial charge in [0, 0.05) is 5.56 Å². The van der Waals surface area contributed by atoms with Crippen molar-refractivity contribution in [3.63, 3.8) is 0 Å². The molecule has 0 N–H and O–H groups in total. The van der Waals surface area contributed by atoms with Gasteiger partial charge in [-0.25, -0.2) is 4.39 Å². The number of benzene rings is 2. The number of halogens is 1. The molecule has 2 aromatic carbocycles. The van der Waals surface area contributed by atoms with Gasteiger partial charge in [-0.05, 0) is 61.1 Å². The smallest absolute Gasteiger partial charge is 0.200 e. The number of carbonyl (C=O) groups excluding carboxylic acids is 1. The van der Waals surface area contributed by atoms with Crippen LogP contribution in [0.4, 0.5) is 4.39 Å². The van der Waals surface area contributed by atoms with Crippen molar-refractivity contribution in [3.8, 4) is 5.75 Å². The van der Waals surface area contributed by atoms with Crippen molar-refractivity contribution in [2.45, 2.75) is 25.7 Å². The normalized spacial score (nSPS) is 13.6. The van der Waals surface area contributed by atoms with Crippen LogP contribution < -0.4 is 4.74 Å². The summed E-state index contributed by atoms with van der Waals surface area (Å²) >= 11 is 0. The predicted octanol–water partition coefficient (Wildman–Crippen LogP) is 3.97. The van der Waals surface area contributed by atoms with Gasteiger partial charge in [-0.1, -0.05) is 18.2 Å². The molecule has 0 fully saturated rings. The minimum atomic E-state index is -0.408. The molecular formula is C18H17FO2. The topological polar surface area (TPSA) is 26.3 Å². The number of hydrogen-bond acceptors (Lipinski definition) is 2. The van der Waals surface area contributed by atoms with Crippen molar-refractivity contribution in [1.82, 2.24) is 0 Å². The first-order chi connectivity index (χ1) is 10.2. The Labute approximate surface area is 123 Å². The third-order valence-electron chi connectivity index (χ3n) is 3.84. The first-order valence-electron chi connectivity index (χ1n) is 7.26. The lowest BCUT2D eigenvalue weighted by atomic mass is 9.92. The molecule has 21 heavy (non-hydrogen) atoms. The maximum atomic E-state index is 13.1. The van der Waals surface area contributed by atoms with Crippen LogP contribution in [0.1, 0.15) is 34.3 Å². The maximum Gasteiger partial charge on any atom is 0.200 e. The van der Waals surface area contributed by atoms with E-state index in [1.54, 1.807) is 6.07 Å². The summed E-state index contributed by atoms with van der Waals surface area (Å²) < 4.78 is 18.6. The third-order valence-corrected chi connectivity index (χ3v) is 3.84. The van der Waals surface area contributed by atoms with Gasteiger partial charge in [0.2, 0.25) is 0 Å². The number of fused-ring (bicyclic) bond motifs is 1. The molecule has 2 aromatic rings. The molecule has 0 amide bonds. The molecule has 2 nitrogen and oxygen atoms in total. The summed E-state index contributed by atoms with van der Waals surface area (Å²) in [6.07, 6.45) is 4.64. The standard InChI is InChI=1S/C18H17FO2/c19-16-7-3-6-15(10-16)18(20)12-21-17-9-8-13-4-1-2-5-14(13)11-17/h3,6-11H,1-2,4-5,12H2. The van der Waals surface area contributed by atoms with Gasteiger partial charge < -0.3 is 4.74 Å². The quantitative estimate of drug-likeness (QED) is 0.794. The number of Topliss-reactive ketones (excluding diaryl/α,β-unsaturated/α-hetero) is 1. The van der Waals surface area contributed by atoms with Crippen LogP contribution in [0.25, 0.3) is 0 Å². The molecule has 0 spiro atoms. The summed E-state index contributed by atoms with van der Waals surface area (Å²) in [6.45, 7) is -0.0672. The summed E-state index contributed by atoms with van der Waals surface area (Å²) in [4.78, 5) is 12.0. The molecule has 1 aliphatic carbocycles. The second-order valence-electron chi connectivity index (χ2n) is 5.36. The highest BCUT2D eigenvalue weighted by atomic mass is 19.1. The molecule has 1 aliphatic rings. The zero-order valence-corrected chi connectivity index (χ0v) is 11.8. The van der Waals surface area contributed by atoms with Crippen molar-refractivity contribution in [2.24, 2.45) is 0 Å². The first kappa shape index (κ1) is 13.8. The lowest BCUT2D eigenvalue weighted by Crippen LogP contribution is -2.12. The Morgan fingerprint density at radius 3 is 2.67 bits per heavy atom. The summed E-state index contributed by atoms with van der Waals surface area (Å²) in [5.41, 5.74) is 3.04. The number of hydrogen-bond donors (Lipinski definition) is 0. The monoisotopic (exact) mass is 284 g/mol. The zero-order valence-electron chi connectivity index (χ0n) is 11.8. The molecule has 0 radical (unpaired) electrons. The largest absolute Gasteiger partial charge is 0.485 e. The Morgan fingerprint density at radius 1 is 1.05 bits per heavy atom. The Bertz CT molecular complexity index is 664. The highest BCUT2D eigenvalue weighted by molar-refractivity contribution is 5.97. The number of ether oxygens (including phenoxy) is 1. The van der Waals surface area contributed by atoms with Gasteiger partial charge in [0.15, 0.2) is 12.4 Å². The average molecular weight is 284 g/mol. The minimum Gasteiger partial charge on any atom is -0.485 e. The van der Waals surface area contributed by atoms with Crippen molar-refractivity contribution in [1.29, 1.82) is 0 Å². The lowest BCUT2D eigenvalue weighted by Gasteiger charge is -2.16. The zero-order chi connectivity index (χ0) is 14.7. The summed E-state index contributed by atoms with van der Waals surface area (Å²) in [5, 5.41) is 0. The Morgan fingerprint density at radius 2 is 1.86 bits per heavy atom. The molecule has 3 heteroatoms. The van der Waals surface area contributed by atoms with E-state index in [1.165, 1.54) is 42.2 Å². The second kappa shape index (κ2) is 6.08. The Hall–Kier alpha value is -2.16. The fourth-order valence-electron chi connectivity index (χ4n) is 2.69. The van der Waals surface area contributed by atoms with Gasteiger partial charge in [0.25, 0.3) is 0 Å². The highest BCUT2D eigenvalue weighted by Gasteiger charge is 2.11. The van der Waals surface area contributed by atoms with Crippen molar-refractivity contribution < 1.29 is 13.9 Å². The van der Waals surface area contributed by atoms with Crippen LogP contribution in [-0.2, 0) is 12.8 Å². The van der Waals surface area contributed by atoms with E-state index in [0.29, 0.717) is 11.3 Å². The minimum absolute atomic E-state index is 0.0672. The SMILES string of the molecule is O=C(COc1ccc2c(c1)CCCC2)c1cccc(F)c1.